The highest BCUT2D eigenvalue weighted by atomic mass is 35.5. The number of hydrogen-bond acceptors (Lipinski definition) is 5. The number of sulfonamides is 1. The van der Waals surface area contributed by atoms with Crippen LogP contribution in [0.1, 0.15) is 36.9 Å². The summed E-state index contributed by atoms with van der Waals surface area (Å²) in [6.45, 7) is 4.10. The zero-order valence-corrected chi connectivity index (χ0v) is 16.1. The second-order valence-electron chi connectivity index (χ2n) is 6.00. The fraction of sp³-hybridized carbons (Fsp3) is 0.294. The van der Waals surface area contributed by atoms with Gasteiger partial charge in [0.1, 0.15) is 0 Å². The maximum Gasteiger partial charge on any atom is 0.289 e. The van der Waals surface area contributed by atoms with Crippen molar-refractivity contribution in [2.24, 2.45) is 5.73 Å². The van der Waals surface area contributed by atoms with E-state index < -0.39 is 26.7 Å². The van der Waals surface area contributed by atoms with E-state index in [4.69, 9.17) is 5.73 Å². The number of nitrogens with two attached hydrogens (primary N) is 1. The Bertz CT molecular complexity index is 855. The molecule has 0 aromatic heterocycles. The standard InChI is InChI=1S/C17H21N3O4S.ClH/c1-12(2)13-7-9-14(10-8-13)15(18)11-19-25(23,24)17-6-4-3-5-16(17)20(21)22;/h3-10,12,15,19H,11,18H2,1-2H3;1H. The van der Waals surface area contributed by atoms with Crippen LogP contribution in [0.15, 0.2) is 53.4 Å². The summed E-state index contributed by atoms with van der Waals surface area (Å²) in [7, 11) is -4.03. The van der Waals surface area contributed by atoms with Gasteiger partial charge in [0.05, 0.1) is 4.92 Å². The number of para-hydroxylation sites is 1. The van der Waals surface area contributed by atoms with Crippen LogP contribution in [0.2, 0.25) is 0 Å². The van der Waals surface area contributed by atoms with Crippen LogP contribution in [0.5, 0.6) is 0 Å². The predicted octanol–water partition coefficient (Wildman–Crippen LogP) is 3.12. The van der Waals surface area contributed by atoms with E-state index >= 15 is 0 Å². The first-order valence-electron chi connectivity index (χ1n) is 7.81. The third kappa shape index (κ3) is 5.25. The molecule has 0 saturated carbocycles. The molecule has 0 bridgehead atoms. The van der Waals surface area contributed by atoms with E-state index in [0.717, 1.165) is 17.2 Å². The Balaban J connectivity index is 0.00000338. The van der Waals surface area contributed by atoms with Crippen molar-refractivity contribution in [3.8, 4) is 0 Å². The van der Waals surface area contributed by atoms with Gasteiger partial charge in [0, 0.05) is 18.7 Å². The average Bonchev–Trinajstić information content (AvgIpc) is 2.59. The van der Waals surface area contributed by atoms with Crippen LogP contribution in [-0.4, -0.2) is 19.9 Å². The molecule has 0 spiro atoms. The van der Waals surface area contributed by atoms with Gasteiger partial charge in [0.25, 0.3) is 5.69 Å². The molecule has 9 heteroatoms. The Morgan fingerprint density at radius 3 is 2.15 bits per heavy atom. The molecule has 0 saturated heterocycles. The number of nitrogens with one attached hydrogen (secondary N) is 1. The van der Waals surface area contributed by atoms with Crippen molar-refractivity contribution < 1.29 is 13.3 Å². The van der Waals surface area contributed by atoms with Gasteiger partial charge in [-0.15, -0.1) is 12.4 Å². The van der Waals surface area contributed by atoms with Gasteiger partial charge >= 0.3 is 0 Å². The number of nitro benzene ring substituents is 1. The molecule has 142 valence electrons. The van der Waals surface area contributed by atoms with Crippen molar-refractivity contribution in [2.45, 2.75) is 30.7 Å². The molecule has 0 amide bonds. The summed E-state index contributed by atoms with van der Waals surface area (Å²) >= 11 is 0. The molecule has 0 fully saturated rings. The third-order valence-electron chi connectivity index (χ3n) is 3.88. The Hall–Kier alpha value is -2.00. The van der Waals surface area contributed by atoms with E-state index in [2.05, 4.69) is 18.6 Å². The maximum absolute atomic E-state index is 12.4. The molecular formula is C17H22ClN3O4S. The van der Waals surface area contributed by atoms with Crippen molar-refractivity contribution in [1.29, 1.82) is 0 Å². The minimum absolute atomic E-state index is 0. The van der Waals surface area contributed by atoms with Crippen LogP contribution in [0.3, 0.4) is 0 Å². The number of nitrogens with zero attached hydrogens (tertiary/aromatic N) is 1. The monoisotopic (exact) mass is 399 g/mol. The highest BCUT2D eigenvalue weighted by molar-refractivity contribution is 7.89. The SMILES string of the molecule is CC(C)c1ccc(C(N)CNS(=O)(=O)c2ccccc2[N+](=O)[O-])cc1.Cl. The smallest absolute Gasteiger partial charge is 0.289 e. The molecule has 0 heterocycles. The van der Waals surface area contributed by atoms with E-state index in [1.54, 1.807) is 0 Å². The highest BCUT2D eigenvalue weighted by Gasteiger charge is 2.25. The quantitative estimate of drug-likeness (QED) is 0.548. The van der Waals surface area contributed by atoms with Crippen LogP contribution in [0.4, 0.5) is 5.69 Å². The summed E-state index contributed by atoms with van der Waals surface area (Å²) < 4.78 is 27.1. The maximum atomic E-state index is 12.4. The van der Waals surface area contributed by atoms with E-state index in [1.807, 2.05) is 24.3 Å². The minimum Gasteiger partial charge on any atom is -0.323 e. The molecule has 2 aromatic rings. The zero-order chi connectivity index (χ0) is 18.6. The molecular weight excluding hydrogens is 378 g/mol. The molecule has 0 radical (unpaired) electrons. The Morgan fingerprint density at radius 1 is 1.08 bits per heavy atom. The molecule has 0 aliphatic carbocycles. The molecule has 1 atom stereocenters. The van der Waals surface area contributed by atoms with Gasteiger partial charge in [-0.1, -0.05) is 50.2 Å². The molecule has 2 aromatic carbocycles. The fourth-order valence-electron chi connectivity index (χ4n) is 2.36. The van der Waals surface area contributed by atoms with E-state index in [1.165, 1.54) is 18.2 Å². The first-order valence-corrected chi connectivity index (χ1v) is 9.29. The molecule has 1 unspecified atom stereocenters. The van der Waals surface area contributed by atoms with Crippen LogP contribution in [0.25, 0.3) is 0 Å². The lowest BCUT2D eigenvalue weighted by atomic mass is 9.99. The molecule has 3 N–H and O–H groups in total. The molecule has 2 rings (SSSR count). The summed E-state index contributed by atoms with van der Waals surface area (Å²) in [6, 6.07) is 12.3. The van der Waals surface area contributed by atoms with Gasteiger partial charge in [-0.2, -0.15) is 0 Å². The summed E-state index contributed by atoms with van der Waals surface area (Å²) in [5.74, 6) is 0.391. The van der Waals surface area contributed by atoms with Crippen molar-refractivity contribution in [2.75, 3.05) is 6.54 Å². The van der Waals surface area contributed by atoms with Crippen LogP contribution in [-0.2, 0) is 10.0 Å². The Morgan fingerprint density at radius 2 is 1.62 bits per heavy atom. The third-order valence-corrected chi connectivity index (χ3v) is 5.35. The summed E-state index contributed by atoms with van der Waals surface area (Å²) in [5.41, 5.74) is 7.53. The van der Waals surface area contributed by atoms with Crippen molar-refractivity contribution in [3.05, 3.63) is 69.8 Å². The summed E-state index contributed by atoms with van der Waals surface area (Å²) in [5, 5.41) is 11.0. The lowest BCUT2D eigenvalue weighted by Gasteiger charge is -2.15. The first-order chi connectivity index (χ1) is 11.7. The fourth-order valence-corrected chi connectivity index (χ4v) is 3.59. The van der Waals surface area contributed by atoms with Crippen LogP contribution >= 0.6 is 12.4 Å². The van der Waals surface area contributed by atoms with E-state index in [0.29, 0.717) is 5.92 Å². The van der Waals surface area contributed by atoms with Gasteiger partial charge in [-0.3, -0.25) is 10.1 Å². The number of halogens is 1. The first kappa shape index (κ1) is 22.0. The van der Waals surface area contributed by atoms with Gasteiger partial charge in [0.2, 0.25) is 10.0 Å². The largest absolute Gasteiger partial charge is 0.323 e. The Kier molecular flexibility index (Phi) is 7.70. The molecule has 26 heavy (non-hydrogen) atoms. The Labute approximate surface area is 159 Å². The minimum atomic E-state index is -4.03. The number of benzene rings is 2. The second-order valence-corrected chi connectivity index (χ2v) is 7.74. The van der Waals surface area contributed by atoms with Gasteiger partial charge in [0.15, 0.2) is 4.90 Å². The molecule has 0 aliphatic heterocycles. The van der Waals surface area contributed by atoms with Crippen molar-refractivity contribution in [3.63, 3.8) is 0 Å². The van der Waals surface area contributed by atoms with E-state index in [9.17, 15) is 18.5 Å². The number of nitro groups is 1. The van der Waals surface area contributed by atoms with Gasteiger partial charge in [-0.05, 0) is 23.1 Å². The topological polar surface area (TPSA) is 115 Å². The van der Waals surface area contributed by atoms with Crippen molar-refractivity contribution >= 4 is 28.1 Å². The lowest BCUT2D eigenvalue weighted by Crippen LogP contribution is -2.32. The molecule has 7 nitrogen and oxygen atoms in total. The summed E-state index contributed by atoms with van der Waals surface area (Å²) in [4.78, 5) is 9.91. The second kappa shape index (κ2) is 9.09. The number of rotatable bonds is 7. The zero-order valence-electron chi connectivity index (χ0n) is 14.5. The summed E-state index contributed by atoms with van der Waals surface area (Å²) in [6.07, 6.45) is 0. The van der Waals surface area contributed by atoms with Crippen LogP contribution < -0.4 is 10.5 Å². The van der Waals surface area contributed by atoms with Crippen molar-refractivity contribution in [1.82, 2.24) is 4.72 Å². The highest BCUT2D eigenvalue weighted by Crippen LogP contribution is 2.23. The van der Waals surface area contributed by atoms with E-state index in [-0.39, 0.29) is 23.8 Å². The lowest BCUT2D eigenvalue weighted by molar-refractivity contribution is -0.387. The number of hydrogen-bond donors (Lipinski definition) is 2. The normalized spacial score (nSPS) is 12.5. The van der Waals surface area contributed by atoms with Gasteiger partial charge < -0.3 is 5.73 Å². The van der Waals surface area contributed by atoms with Gasteiger partial charge in [-0.25, -0.2) is 13.1 Å². The van der Waals surface area contributed by atoms with Crippen LogP contribution in [0, 0.1) is 10.1 Å². The molecule has 0 aliphatic rings. The predicted molar refractivity (Wildman–Crippen MR) is 103 cm³/mol. The average molecular weight is 400 g/mol.